The summed E-state index contributed by atoms with van der Waals surface area (Å²) < 4.78 is 11.9. The van der Waals surface area contributed by atoms with Crippen molar-refractivity contribution in [1.29, 1.82) is 0 Å². The molecule has 294 valence electrons. The van der Waals surface area contributed by atoms with Gasteiger partial charge in [-0.25, -0.2) is 4.79 Å². The predicted octanol–water partition coefficient (Wildman–Crippen LogP) is 4.15. The predicted molar refractivity (Wildman–Crippen MR) is 201 cm³/mol. The number of aliphatic carboxylic acids is 1. The Labute approximate surface area is 311 Å². The molecule has 1 heterocycles. The van der Waals surface area contributed by atoms with Crippen molar-refractivity contribution >= 4 is 29.5 Å². The molecule has 1 aromatic rings. The van der Waals surface area contributed by atoms with E-state index in [9.17, 15) is 29.1 Å². The first-order chi connectivity index (χ1) is 24.4. The first-order valence-corrected chi connectivity index (χ1v) is 18.8. The van der Waals surface area contributed by atoms with E-state index < -0.39 is 60.1 Å². The van der Waals surface area contributed by atoms with E-state index in [1.807, 2.05) is 90.9 Å². The van der Waals surface area contributed by atoms with Gasteiger partial charge in [0.25, 0.3) is 0 Å². The molecule has 52 heavy (non-hydrogen) atoms. The second-order valence-electron chi connectivity index (χ2n) is 15.5. The quantitative estimate of drug-likeness (QED) is 0.178. The van der Waals surface area contributed by atoms with E-state index >= 15 is 0 Å². The number of likely N-dealkylation sites (tertiary alicyclic amines) is 1. The number of nitrogens with zero attached hydrogens (tertiary/aromatic N) is 3. The number of methoxy groups -OCH3 is 2. The van der Waals surface area contributed by atoms with E-state index in [1.165, 1.54) is 14.2 Å². The Kier molecular flexibility index (Phi) is 17.9. The maximum atomic E-state index is 14.3. The van der Waals surface area contributed by atoms with Gasteiger partial charge in [0.1, 0.15) is 12.0 Å². The largest absolute Gasteiger partial charge is 0.480 e. The molecule has 1 aliphatic heterocycles. The molecular formula is C40H66N4O8. The number of carboxylic acids is 1. The number of carbonyl (C=O) groups is 5. The molecule has 2 rings (SSSR count). The summed E-state index contributed by atoms with van der Waals surface area (Å²) in [6.07, 6.45) is 0.814. The summed E-state index contributed by atoms with van der Waals surface area (Å²) in [5.74, 6) is -4.06. The van der Waals surface area contributed by atoms with Gasteiger partial charge in [0.15, 0.2) is 5.78 Å². The highest BCUT2D eigenvalue weighted by Crippen LogP contribution is 2.31. The van der Waals surface area contributed by atoms with E-state index in [4.69, 9.17) is 9.47 Å². The lowest BCUT2D eigenvalue weighted by Gasteiger charge is -2.41. The molecule has 1 fully saturated rings. The van der Waals surface area contributed by atoms with Gasteiger partial charge >= 0.3 is 5.97 Å². The van der Waals surface area contributed by atoms with Crippen molar-refractivity contribution in [2.75, 3.05) is 41.9 Å². The molecule has 0 aliphatic carbocycles. The van der Waals surface area contributed by atoms with Gasteiger partial charge in [-0.1, -0.05) is 85.2 Å². The number of hydrogen-bond donors (Lipinski definition) is 2. The topological polar surface area (TPSA) is 146 Å². The minimum atomic E-state index is -1.14. The molecule has 0 spiro atoms. The van der Waals surface area contributed by atoms with Gasteiger partial charge in [-0.2, -0.15) is 0 Å². The average Bonchev–Trinajstić information content (AvgIpc) is 3.57. The van der Waals surface area contributed by atoms with Gasteiger partial charge in [-0.05, 0) is 50.3 Å². The average molecular weight is 731 g/mol. The number of ketones is 1. The fourth-order valence-corrected chi connectivity index (χ4v) is 7.98. The minimum absolute atomic E-state index is 0.0125. The van der Waals surface area contributed by atoms with Crippen LogP contribution in [0, 0.1) is 29.6 Å². The number of likely N-dealkylation sites (N-methyl/N-ethyl adjacent to an activating group) is 2. The Morgan fingerprint density at radius 2 is 1.56 bits per heavy atom. The second-order valence-corrected chi connectivity index (χ2v) is 15.5. The number of amides is 3. The smallest absolute Gasteiger partial charge is 0.326 e. The van der Waals surface area contributed by atoms with Crippen LogP contribution >= 0.6 is 0 Å². The molecule has 0 saturated carbocycles. The number of Topliss-reactive ketones (excluding diaryl/α,β-unsaturated/α-hetero) is 1. The van der Waals surface area contributed by atoms with Crippen LogP contribution in [0.1, 0.15) is 79.7 Å². The van der Waals surface area contributed by atoms with Crippen molar-refractivity contribution in [3.8, 4) is 0 Å². The van der Waals surface area contributed by atoms with Crippen LogP contribution in [-0.4, -0.2) is 128 Å². The third-order valence-corrected chi connectivity index (χ3v) is 10.9. The van der Waals surface area contributed by atoms with Crippen LogP contribution in [0.15, 0.2) is 30.3 Å². The fourth-order valence-electron chi connectivity index (χ4n) is 7.98. The summed E-state index contributed by atoms with van der Waals surface area (Å²) >= 11 is 0. The second kappa shape index (κ2) is 20.8. The van der Waals surface area contributed by atoms with E-state index in [2.05, 4.69) is 5.32 Å². The normalized spacial score (nSPS) is 19.4. The fraction of sp³-hybridized carbons (Fsp3) is 0.725. The van der Waals surface area contributed by atoms with E-state index in [1.54, 1.807) is 23.8 Å². The molecule has 0 radical (unpaired) electrons. The number of carbonyl (C=O) groups excluding carboxylic acids is 4. The lowest BCUT2D eigenvalue weighted by Crippen LogP contribution is -2.56. The first-order valence-electron chi connectivity index (χ1n) is 18.8. The zero-order valence-corrected chi connectivity index (χ0v) is 33.6. The van der Waals surface area contributed by atoms with Gasteiger partial charge in [0.05, 0.1) is 42.7 Å². The lowest BCUT2D eigenvalue weighted by molar-refractivity contribution is -0.152. The maximum absolute atomic E-state index is 14.3. The van der Waals surface area contributed by atoms with E-state index in [-0.39, 0.29) is 48.2 Å². The molecule has 1 aliphatic rings. The van der Waals surface area contributed by atoms with Crippen molar-refractivity contribution in [1.82, 2.24) is 20.0 Å². The van der Waals surface area contributed by atoms with Crippen LogP contribution < -0.4 is 5.32 Å². The van der Waals surface area contributed by atoms with Crippen LogP contribution in [0.25, 0.3) is 0 Å². The molecular weight excluding hydrogens is 664 g/mol. The number of benzene rings is 1. The zero-order valence-electron chi connectivity index (χ0n) is 33.6. The van der Waals surface area contributed by atoms with Crippen molar-refractivity contribution in [2.24, 2.45) is 29.6 Å². The van der Waals surface area contributed by atoms with E-state index in [0.29, 0.717) is 19.4 Å². The Balaban J connectivity index is 2.30. The molecule has 1 aromatic carbocycles. The minimum Gasteiger partial charge on any atom is -0.480 e. The summed E-state index contributed by atoms with van der Waals surface area (Å²) in [5, 5.41) is 12.6. The molecule has 3 amide bonds. The van der Waals surface area contributed by atoms with Crippen LogP contribution in [0.5, 0.6) is 0 Å². The summed E-state index contributed by atoms with van der Waals surface area (Å²) in [6.45, 7) is 14.0. The molecule has 12 nitrogen and oxygen atoms in total. The molecule has 1 saturated heterocycles. The Bertz CT molecular complexity index is 1310. The van der Waals surface area contributed by atoms with Crippen LogP contribution in [-0.2, 0) is 39.9 Å². The number of carboxylic acid groups (broad SMARTS) is 1. The molecule has 0 unspecified atom stereocenters. The monoisotopic (exact) mass is 730 g/mol. The van der Waals surface area contributed by atoms with Crippen LogP contribution in [0.2, 0.25) is 0 Å². The molecule has 12 heteroatoms. The van der Waals surface area contributed by atoms with Crippen molar-refractivity contribution in [2.45, 2.75) is 117 Å². The highest BCUT2D eigenvalue weighted by molar-refractivity contribution is 6.04. The third-order valence-electron chi connectivity index (χ3n) is 10.9. The van der Waals surface area contributed by atoms with Gasteiger partial charge in [0, 0.05) is 34.2 Å². The summed E-state index contributed by atoms with van der Waals surface area (Å²) in [5.41, 5.74) is 0.786. The first kappa shape index (κ1) is 44.8. The van der Waals surface area contributed by atoms with Crippen LogP contribution in [0.3, 0.4) is 0 Å². The molecule has 9 atom stereocenters. The zero-order chi connectivity index (χ0) is 39.4. The van der Waals surface area contributed by atoms with Crippen molar-refractivity contribution in [3.05, 3.63) is 35.9 Å². The summed E-state index contributed by atoms with van der Waals surface area (Å²) in [4.78, 5) is 73.1. The molecule has 0 bridgehead atoms. The molecule has 2 N–H and O–H groups in total. The summed E-state index contributed by atoms with van der Waals surface area (Å²) in [7, 11) is 8.46. The van der Waals surface area contributed by atoms with Gasteiger partial charge in [-0.15, -0.1) is 0 Å². The number of hydrogen-bond acceptors (Lipinski definition) is 8. The number of rotatable bonds is 21. The summed E-state index contributed by atoms with van der Waals surface area (Å²) in [6, 6.07) is 6.65. The number of ether oxygens (including phenoxy) is 2. The van der Waals surface area contributed by atoms with E-state index in [0.717, 1.165) is 12.0 Å². The molecule has 0 aromatic heterocycles. The van der Waals surface area contributed by atoms with Crippen molar-refractivity contribution in [3.63, 3.8) is 0 Å². The van der Waals surface area contributed by atoms with Gasteiger partial charge in [-0.3, -0.25) is 24.1 Å². The standard InChI is InChI=1S/C40H66N4O8/c1-13-26(6)35(43(10)39(48)33(24(2)3)36(46)34(25(4)5)42(8)9)31(51-11)23-32(45)44-21-17-20-30(44)37(52-12)27(7)38(47)41-29(40(49)50)22-28-18-15-14-16-19-28/h14-16,18-19,24-27,29-31,33-35,37H,13,17,20-23H2,1-12H3,(H,41,47)(H,49,50)/t26-,27+,29-,30-,31+,33-,34-,35-,37+/m0/s1. The van der Waals surface area contributed by atoms with Gasteiger partial charge in [0.2, 0.25) is 17.7 Å². The Morgan fingerprint density at radius 1 is 0.942 bits per heavy atom. The third kappa shape index (κ3) is 11.3. The van der Waals surface area contributed by atoms with Crippen molar-refractivity contribution < 1.29 is 38.6 Å². The lowest BCUT2D eigenvalue weighted by atomic mass is 9.81. The van der Waals surface area contributed by atoms with Crippen LogP contribution in [0.4, 0.5) is 0 Å². The highest BCUT2D eigenvalue weighted by Gasteiger charge is 2.45. The van der Waals surface area contributed by atoms with Gasteiger partial charge < -0.3 is 29.7 Å². The Hall–Kier alpha value is -3.35. The highest BCUT2D eigenvalue weighted by atomic mass is 16.5. The SMILES string of the molecule is CC[C@H](C)[C@@H]([C@@H](CC(=O)N1CCC[C@H]1[C@H](OC)[C@@H](C)C(=O)N[C@@H](Cc1ccccc1)C(=O)O)OC)N(C)C(=O)[C@H](C(=O)[C@H](C(C)C)N(C)C)C(C)C. The number of nitrogens with one attached hydrogen (secondary N) is 1. The maximum Gasteiger partial charge on any atom is 0.326 e. The Morgan fingerprint density at radius 3 is 2.04 bits per heavy atom.